The molecule has 0 aromatic heterocycles. The van der Waals surface area contributed by atoms with Crippen LogP contribution in [0.5, 0.6) is 0 Å². The molecule has 0 aromatic carbocycles. The second-order valence-electron chi connectivity index (χ2n) is 4.59. The van der Waals surface area contributed by atoms with Crippen molar-refractivity contribution in [3.63, 3.8) is 0 Å². The molecule has 1 aliphatic rings. The van der Waals surface area contributed by atoms with Gasteiger partial charge in [0, 0.05) is 11.8 Å². The summed E-state index contributed by atoms with van der Waals surface area (Å²) in [6, 6.07) is -2.26. The van der Waals surface area contributed by atoms with Gasteiger partial charge in [0.05, 0.1) is 19.2 Å². The van der Waals surface area contributed by atoms with Gasteiger partial charge in [0.1, 0.15) is 6.54 Å². The lowest BCUT2D eigenvalue weighted by molar-refractivity contribution is -0.147. The lowest BCUT2D eigenvalue weighted by atomic mass is 9.98. The highest BCUT2D eigenvalue weighted by Gasteiger charge is 2.41. The fourth-order valence-electron chi connectivity index (χ4n) is 1.94. The Morgan fingerprint density at radius 1 is 1.46 bits per heavy atom. The van der Waals surface area contributed by atoms with E-state index in [1.165, 1.54) is 6.92 Å². The molecule has 0 bridgehead atoms. The number of nitrogens with zero attached hydrogens (tertiary/aromatic N) is 3. The molecule has 12 nitrogen and oxygen atoms in total. The summed E-state index contributed by atoms with van der Waals surface area (Å²) >= 11 is 0. The summed E-state index contributed by atoms with van der Waals surface area (Å²) in [5.41, 5.74) is 8.63. The third-order valence-electron chi connectivity index (χ3n) is 2.88. The Balaban J connectivity index is 3.18. The van der Waals surface area contributed by atoms with Crippen molar-refractivity contribution in [1.82, 2.24) is 10.6 Å². The monoisotopic (exact) mass is 341 g/mol. The van der Waals surface area contributed by atoms with E-state index in [1.807, 2.05) is 0 Å². The second-order valence-corrected chi connectivity index (χ2v) is 4.59. The highest BCUT2D eigenvalue weighted by atomic mass is 16.6. The number of esters is 1. The van der Waals surface area contributed by atoms with Crippen molar-refractivity contribution in [3.05, 3.63) is 22.3 Å². The van der Waals surface area contributed by atoms with E-state index in [0.717, 1.165) is 13.2 Å². The van der Waals surface area contributed by atoms with Crippen molar-refractivity contribution < 1.29 is 33.8 Å². The molecule has 1 aliphatic heterocycles. The molecule has 24 heavy (non-hydrogen) atoms. The van der Waals surface area contributed by atoms with E-state index in [0.29, 0.717) is 0 Å². The van der Waals surface area contributed by atoms with E-state index in [1.54, 1.807) is 0 Å². The lowest BCUT2D eigenvalue weighted by Crippen LogP contribution is -2.58. The zero-order valence-corrected chi connectivity index (χ0v) is 12.8. The SMILES string of the molecule is COC(=O)C1=C[C@H](N=[N+]=[N-])[C@@H](NC(C)=O)[C@H](C(=O)NCC(=O)O)O1. The minimum absolute atomic E-state index is 0.396. The molecular weight excluding hydrogens is 326 g/mol. The van der Waals surface area contributed by atoms with Gasteiger partial charge in [0.2, 0.25) is 11.7 Å². The molecule has 0 saturated heterocycles. The van der Waals surface area contributed by atoms with Crippen LogP contribution >= 0.6 is 0 Å². The summed E-state index contributed by atoms with van der Waals surface area (Å²) in [5, 5.41) is 16.5. The van der Waals surface area contributed by atoms with Crippen molar-refractivity contribution in [2.75, 3.05) is 13.7 Å². The molecule has 12 heteroatoms. The third-order valence-corrected chi connectivity index (χ3v) is 2.88. The number of methoxy groups -OCH3 is 1. The molecule has 1 heterocycles. The van der Waals surface area contributed by atoms with E-state index in [-0.39, 0.29) is 0 Å². The number of carbonyl (C=O) groups excluding carboxylic acids is 3. The van der Waals surface area contributed by atoms with Crippen LogP contribution in [0.1, 0.15) is 6.92 Å². The fourth-order valence-corrected chi connectivity index (χ4v) is 1.94. The maximum Gasteiger partial charge on any atom is 0.373 e. The molecule has 0 aliphatic carbocycles. The molecule has 3 N–H and O–H groups in total. The highest BCUT2D eigenvalue weighted by molar-refractivity contribution is 5.90. The van der Waals surface area contributed by atoms with Gasteiger partial charge >= 0.3 is 11.9 Å². The quantitative estimate of drug-likeness (QED) is 0.235. The molecule has 0 spiro atoms. The third kappa shape index (κ3) is 4.88. The Kier molecular flexibility index (Phi) is 6.56. The highest BCUT2D eigenvalue weighted by Crippen LogP contribution is 2.22. The maximum absolute atomic E-state index is 12.1. The average Bonchev–Trinajstić information content (AvgIpc) is 2.52. The molecule has 1 rings (SSSR count). The molecular formula is C12H15N5O7. The van der Waals surface area contributed by atoms with E-state index < -0.39 is 54.2 Å². The van der Waals surface area contributed by atoms with Crippen molar-refractivity contribution in [1.29, 1.82) is 0 Å². The lowest BCUT2D eigenvalue weighted by Gasteiger charge is -2.34. The summed E-state index contributed by atoms with van der Waals surface area (Å²) in [7, 11) is 1.08. The molecule has 0 aromatic rings. The standard InChI is InChI=1S/C12H15N5O7/c1-5(18)15-9-6(16-17-13)3-7(12(22)23-2)24-10(9)11(21)14-4-8(19)20/h3,6,9-10H,4H2,1-2H3,(H,14,21)(H,15,18)(H,19,20)/t6-,9+,10+/m0/s1. The number of carboxylic acids is 1. The van der Waals surface area contributed by atoms with E-state index in [2.05, 4.69) is 25.4 Å². The first-order valence-corrected chi connectivity index (χ1v) is 6.57. The van der Waals surface area contributed by atoms with Gasteiger partial charge < -0.3 is 25.2 Å². The van der Waals surface area contributed by atoms with Crippen molar-refractivity contribution in [2.24, 2.45) is 5.11 Å². The van der Waals surface area contributed by atoms with Crippen LogP contribution in [0.25, 0.3) is 10.4 Å². The summed E-state index contributed by atoms with van der Waals surface area (Å²) < 4.78 is 9.69. The number of carbonyl (C=O) groups is 4. The average molecular weight is 341 g/mol. The van der Waals surface area contributed by atoms with Crippen LogP contribution in [-0.2, 0) is 28.7 Å². The van der Waals surface area contributed by atoms with Crippen LogP contribution in [0.2, 0.25) is 0 Å². The van der Waals surface area contributed by atoms with Crippen LogP contribution < -0.4 is 10.6 Å². The van der Waals surface area contributed by atoms with Gasteiger partial charge in [0.15, 0.2) is 6.10 Å². The van der Waals surface area contributed by atoms with E-state index >= 15 is 0 Å². The van der Waals surface area contributed by atoms with E-state index in [9.17, 15) is 19.2 Å². The van der Waals surface area contributed by atoms with Crippen molar-refractivity contribution >= 4 is 23.8 Å². The van der Waals surface area contributed by atoms with Gasteiger partial charge in [0.25, 0.3) is 5.91 Å². The Hall–Kier alpha value is -3.27. The summed E-state index contributed by atoms with van der Waals surface area (Å²) in [6.07, 6.45) is -0.393. The van der Waals surface area contributed by atoms with Gasteiger partial charge in [-0.25, -0.2) is 4.79 Å². The largest absolute Gasteiger partial charge is 0.480 e. The zero-order valence-electron chi connectivity index (χ0n) is 12.8. The molecule has 0 saturated carbocycles. The van der Waals surface area contributed by atoms with Crippen LogP contribution in [0.4, 0.5) is 0 Å². The minimum Gasteiger partial charge on any atom is -0.480 e. The Bertz CT molecular complexity index is 625. The first kappa shape index (κ1) is 18.8. The van der Waals surface area contributed by atoms with Crippen LogP contribution in [0.15, 0.2) is 16.9 Å². The van der Waals surface area contributed by atoms with Crippen LogP contribution in [-0.4, -0.2) is 60.7 Å². The fraction of sp³-hybridized carbons (Fsp3) is 0.500. The Morgan fingerprint density at radius 2 is 2.12 bits per heavy atom. The Labute approximate surface area is 135 Å². The molecule has 0 fully saturated rings. The second kappa shape index (κ2) is 8.39. The number of nitrogens with one attached hydrogen (secondary N) is 2. The predicted molar refractivity (Wildman–Crippen MR) is 76.2 cm³/mol. The minimum atomic E-state index is -1.50. The first-order valence-electron chi connectivity index (χ1n) is 6.57. The van der Waals surface area contributed by atoms with E-state index in [4.69, 9.17) is 15.4 Å². The number of ether oxygens (including phenoxy) is 2. The predicted octanol–water partition coefficient (Wildman–Crippen LogP) is -1.17. The maximum atomic E-state index is 12.1. The normalized spacial score (nSPS) is 22.1. The van der Waals surface area contributed by atoms with Gasteiger partial charge in [-0.2, -0.15) is 0 Å². The number of carboxylic acid groups (broad SMARTS) is 1. The van der Waals surface area contributed by atoms with Crippen LogP contribution in [0.3, 0.4) is 0 Å². The summed E-state index contributed by atoms with van der Waals surface area (Å²) in [4.78, 5) is 48.2. The first-order chi connectivity index (χ1) is 11.3. The molecule has 2 amide bonds. The number of aliphatic carboxylic acids is 1. The van der Waals surface area contributed by atoms with Crippen molar-refractivity contribution in [2.45, 2.75) is 25.1 Å². The van der Waals surface area contributed by atoms with Crippen molar-refractivity contribution in [3.8, 4) is 0 Å². The number of rotatable bonds is 6. The Morgan fingerprint density at radius 3 is 2.62 bits per heavy atom. The molecule has 0 radical (unpaired) electrons. The van der Waals surface area contributed by atoms with Gasteiger partial charge in [-0.1, -0.05) is 5.11 Å². The van der Waals surface area contributed by atoms with Crippen LogP contribution in [0, 0.1) is 0 Å². The molecule has 0 unspecified atom stereocenters. The van der Waals surface area contributed by atoms with Gasteiger partial charge in [-0.15, -0.1) is 0 Å². The zero-order chi connectivity index (χ0) is 18.3. The summed E-state index contributed by atoms with van der Waals surface area (Å²) in [5.74, 6) is -4.08. The topological polar surface area (TPSA) is 180 Å². The summed E-state index contributed by atoms with van der Waals surface area (Å²) in [6.45, 7) is 0.466. The number of hydrogen-bond donors (Lipinski definition) is 3. The molecule has 3 atom stereocenters. The number of hydrogen-bond acceptors (Lipinski definition) is 7. The van der Waals surface area contributed by atoms with Gasteiger partial charge in [-0.05, 0) is 11.6 Å². The van der Waals surface area contributed by atoms with Gasteiger partial charge in [-0.3, -0.25) is 14.4 Å². The number of azide groups is 1. The smallest absolute Gasteiger partial charge is 0.373 e. The number of amides is 2. The molecule has 130 valence electrons.